The highest BCUT2D eigenvalue weighted by Crippen LogP contribution is 2.26. The second kappa shape index (κ2) is 6.67. The van der Waals surface area contributed by atoms with Crippen LogP contribution in [-0.4, -0.2) is 25.3 Å². The summed E-state index contributed by atoms with van der Waals surface area (Å²) in [5.74, 6) is 0. The molecule has 2 heteroatoms. The van der Waals surface area contributed by atoms with Crippen LogP contribution in [0.15, 0.2) is 36.4 Å². The van der Waals surface area contributed by atoms with Gasteiger partial charge in [-0.05, 0) is 80.6 Å². The van der Waals surface area contributed by atoms with Crippen LogP contribution in [0.3, 0.4) is 0 Å². The molecule has 0 N–H and O–H groups in total. The van der Waals surface area contributed by atoms with Crippen LogP contribution in [0.4, 0.5) is 0 Å². The van der Waals surface area contributed by atoms with Crippen molar-refractivity contribution in [3.8, 4) is 0 Å². The van der Waals surface area contributed by atoms with Gasteiger partial charge in [-0.2, -0.15) is 0 Å². The van der Waals surface area contributed by atoms with Gasteiger partial charge in [0, 0.05) is 11.6 Å². The van der Waals surface area contributed by atoms with E-state index in [2.05, 4.69) is 62.3 Å². The summed E-state index contributed by atoms with van der Waals surface area (Å²) in [6.45, 7) is 2.27. The normalized spacial score (nSPS) is 15.3. The van der Waals surface area contributed by atoms with Gasteiger partial charge in [-0.3, -0.25) is 4.79 Å². The number of nitrogens with zero attached hydrogens (tertiary/aromatic N) is 1. The molecule has 1 atom stereocenters. The average Bonchev–Trinajstić information content (AvgIpc) is 2.55. The van der Waals surface area contributed by atoms with Crippen molar-refractivity contribution in [3.63, 3.8) is 0 Å². The van der Waals surface area contributed by atoms with Crippen LogP contribution in [-0.2, 0) is 25.7 Å². The number of aryl methyl sites for hydroxylation is 4. The Balaban J connectivity index is 2.02. The summed E-state index contributed by atoms with van der Waals surface area (Å²) in [5.41, 5.74) is 7.50. The van der Waals surface area contributed by atoms with Crippen molar-refractivity contribution in [1.29, 1.82) is 0 Å². The van der Waals surface area contributed by atoms with Crippen molar-refractivity contribution in [2.45, 2.75) is 38.6 Å². The van der Waals surface area contributed by atoms with Gasteiger partial charge in [-0.15, -0.1) is 0 Å². The molecule has 120 valence electrons. The minimum atomic E-state index is 0.416. The first-order valence-electron chi connectivity index (χ1n) is 8.43. The maximum Gasteiger partial charge on any atom is 0.150 e. The van der Waals surface area contributed by atoms with Gasteiger partial charge in [0.05, 0.1) is 0 Å². The summed E-state index contributed by atoms with van der Waals surface area (Å²) in [6, 6.07) is 13.7. The lowest BCUT2D eigenvalue weighted by atomic mass is 9.89. The number of aldehydes is 1. The highest BCUT2D eigenvalue weighted by molar-refractivity contribution is 5.77. The van der Waals surface area contributed by atoms with Crippen LogP contribution in [0.2, 0.25) is 0 Å². The number of benzene rings is 2. The van der Waals surface area contributed by atoms with Crippen LogP contribution in [0.5, 0.6) is 0 Å². The van der Waals surface area contributed by atoms with Crippen molar-refractivity contribution in [2.75, 3.05) is 14.1 Å². The lowest BCUT2D eigenvalue weighted by molar-refractivity contribution is 0.112. The summed E-state index contributed by atoms with van der Waals surface area (Å²) in [5, 5.41) is 0. The van der Waals surface area contributed by atoms with Gasteiger partial charge in [0.1, 0.15) is 6.29 Å². The van der Waals surface area contributed by atoms with E-state index in [0.29, 0.717) is 6.04 Å². The number of carbonyl (C=O) groups is 1. The van der Waals surface area contributed by atoms with Crippen LogP contribution < -0.4 is 0 Å². The molecule has 6 rings (SSSR count). The molecule has 4 aliphatic carbocycles. The fourth-order valence-corrected chi connectivity index (χ4v) is 3.39. The van der Waals surface area contributed by atoms with E-state index in [1.165, 1.54) is 22.3 Å². The van der Waals surface area contributed by atoms with E-state index in [1.54, 1.807) is 0 Å². The molecule has 2 aromatic carbocycles. The molecule has 23 heavy (non-hydrogen) atoms. The quantitative estimate of drug-likeness (QED) is 0.799. The molecule has 0 aliphatic heterocycles. The third-order valence-corrected chi connectivity index (χ3v) is 5.14. The highest BCUT2D eigenvalue weighted by Gasteiger charge is 2.15. The molecular formula is C21H25NO. The summed E-state index contributed by atoms with van der Waals surface area (Å²) in [7, 11) is 4.28. The minimum absolute atomic E-state index is 0.416. The van der Waals surface area contributed by atoms with Crippen molar-refractivity contribution < 1.29 is 4.79 Å². The number of hydrogen-bond acceptors (Lipinski definition) is 2. The Bertz CT molecular complexity index is 718. The molecule has 2 nitrogen and oxygen atoms in total. The fourth-order valence-electron chi connectivity index (χ4n) is 3.39. The maximum absolute atomic E-state index is 11.4. The fraction of sp³-hybridized carbons (Fsp3) is 0.381. The Labute approximate surface area is 139 Å². The Kier molecular flexibility index (Phi) is 4.63. The molecule has 0 amide bonds. The second-order valence-electron chi connectivity index (χ2n) is 6.82. The lowest BCUT2D eigenvalue weighted by Crippen LogP contribution is -2.19. The van der Waals surface area contributed by atoms with Crippen LogP contribution in [0.25, 0.3) is 0 Å². The molecule has 0 radical (unpaired) electrons. The van der Waals surface area contributed by atoms with Gasteiger partial charge >= 0.3 is 0 Å². The number of rotatable bonds is 3. The van der Waals surface area contributed by atoms with Crippen molar-refractivity contribution in [2.24, 2.45) is 0 Å². The largest absolute Gasteiger partial charge is 0.303 e. The third kappa shape index (κ3) is 3.37. The molecule has 0 spiro atoms. The van der Waals surface area contributed by atoms with Crippen molar-refractivity contribution >= 4 is 6.29 Å². The Hall–Kier alpha value is -1.93. The SMILES string of the molecule is C[C@H](c1cc2ccc1CCc1ccc(c(C=O)c1)CC2)N(C)C. The first-order valence-corrected chi connectivity index (χ1v) is 8.43. The van der Waals surface area contributed by atoms with Gasteiger partial charge in [0.15, 0.2) is 0 Å². The number of carbonyl (C=O) groups excluding carboxylic acids is 1. The van der Waals surface area contributed by atoms with E-state index >= 15 is 0 Å². The molecule has 0 aromatic heterocycles. The molecule has 2 aromatic rings. The van der Waals surface area contributed by atoms with E-state index in [-0.39, 0.29) is 0 Å². The van der Waals surface area contributed by atoms with E-state index < -0.39 is 0 Å². The standard InChI is InChI=1S/C21H25NO/c1-15(22(2)3)21-13-17-5-9-18-8-4-16(12-20(18)14-23)6-10-19(21)11-7-17/h4,7-8,11-15H,5-6,9-10H2,1-3H3/t15-/m1/s1. The van der Waals surface area contributed by atoms with Gasteiger partial charge in [0.25, 0.3) is 0 Å². The first-order chi connectivity index (χ1) is 11.1. The minimum Gasteiger partial charge on any atom is -0.303 e. The van der Waals surface area contributed by atoms with Crippen LogP contribution >= 0.6 is 0 Å². The zero-order valence-corrected chi connectivity index (χ0v) is 14.3. The molecule has 0 fully saturated rings. The van der Waals surface area contributed by atoms with E-state index in [0.717, 1.165) is 43.1 Å². The van der Waals surface area contributed by atoms with Gasteiger partial charge in [0.2, 0.25) is 0 Å². The topological polar surface area (TPSA) is 20.3 Å². The Morgan fingerprint density at radius 3 is 2.17 bits per heavy atom. The Morgan fingerprint density at radius 2 is 1.52 bits per heavy atom. The van der Waals surface area contributed by atoms with Crippen molar-refractivity contribution in [1.82, 2.24) is 4.90 Å². The summed E-state index contributed by atoms with van der Waals surface area (Å²) in [6.07, 6.45) is 4.90. The predicted molar refractivity (Wildman–Crippen MR) is 95.2 cm³/mol. The van der Waals surface area contributed by atoms with E-state index in [4.69, 9.17) is 0 Å². The van der Waals surface area contributed by atoms with E-state index in [1.807, 2.05) is 0 Å². The molecule has 0 unspecified atom stereocenters. The molecule has 0 saturated carbocycles. The molecule has 0 heterocycles. The maximum atomic E-state index is 11.4. The van der Waals surface area contributed by atoms with Crippen LogP contribution in [0, 0.1) is 0 Å². The number of hydrogen-bond donors (Lipinski definition) is 0. The van der Waals surface area contributed by atoms with Gasteiger partial charge in [-0.25, -0.2) is 0 Å². The Morgan fingerprint density at radius 1 is 0.913 bits per heavy atom. The molecule has 0 saturated heterocycles. The first kappa shape index (κ1) is 15.9. The zero-order valence-electron chi connectivity index (χ0n) is 14.3. The molecule has 4 aliphatic rings. The zero-order chi connectivity index (χ0) is 16.4. The molecular weight excluding hydrogens is 282 g/mol. The second-order valence-corrected chi connectivity index (χ2v) is 6.82. The lowest BCUT2D eigenvalue weighted by Gasteiger charge is -2.24. The summed E-state index contributed by atoms with van der Waals surface area (Å²) < 4.78 is 0. The summed E-state index contributed by atoms with van der Waals surface area (Å²) in [4.78, 5) is 13.6. The monoisotopic (exact) mass is 307 g/mol. The third-order valence-electron chi connectivity index (χ3n) is 5.14. The van der Waals surface area contributed by atoms with Gasteiger partial charge < -0.3 is 4.90 Å². The smallest absolute Gasteiger partial charge is 0.150 e. The highest BCUT2D eigenvalue weighted by atomic mass is 16.1. The van der Waals surface area contributed by atoms with E-state index in [9.17, 15) is 4.79 Å². The van der Waals surface area contributed by atoms with Crippen molar-refractivity contribution in [3.05, 3.63) is 69.8 Å². The summed E-state index contributed by atoms with van der Waals surface area (Å²) >= 11 is 0. The van der Waals surface area contributed by atoms with Crippen LogP contribution in [0.1, 0.15) is 51.1 Å². The molecule has 4 bridgehead atoms. The average molecular weight is 307 g/mol. The predicted octanol–water partition coefficient (Wildman–Crippen LogP) is 4.01. The van der Waals surface area contributed by atoms with Gasteiger partial charge in [-0.1, -0.05) is 30.3 Å².